The van der Waals surface area contributed by atoms with Crippen molar-refractivity contribution in [2.75, 3.05) is 0 Å². The zero-order valence-corrected chi connectivity index (χ0v) is 14.9. The Balaban J connectivity index is 1.64. The van der Waals surface area contributed by atoms with Gasteiger partial charge in [-0.25, -0.2) is 0 Å². The van der Waals surface area contributed by atoms with Gasteiger partial charge in [-0.3, -0.25) is 19.6 Å². The lowest BCUT2D eigenvalue weighted by atomic mass is 10.1. The maximum Gasteiger partial charge on any atom is 0.270 e. The summed E-state index contributed by atoms with van der Waals surface area (Å²) in [5, 5.41) is 5.70. The van der Waals surface area contributed by atoms with E-state index in [0.717, 1.165) is 11.1 Å². The second-order valence-electron chi connectivity index (χ2n) is 6.08. The minimum atomic E-state index is -0.326. The third-order valence-corrected chi connectivity index (χ3v) is 4.08. The van der Waals surface area contributed by atoms with Gasteiger partial charge in [0.15, 0.2) is 0 Å². The highest BCUT2D eigenvalue weighted by Gasteiger charge is 2.14. The third-order valence-electron chi connectivity index (χ3n) is 4.08. The van der Waals surface area contributed by atoms with E-state index >= 15 is 0 Å². The lowest BCUT2D eigenvalue weighted by molar-refractivity contribution is 0.0935. The maximum absolute atomic E-state index is 12.5. The number of amides is 2. The van der Waals surface area contributed by atoms with E-state index in [9.17, 15) is 9.59 Å². The average molecular weight is 360 g/mol. The molecule has 2 heterocycles. The van der Waals surface area contributed by atoms with E-state index in [1.54, 1.807) is 18.5 Å². The Hall–Kier alpha value is -3.54. The summed E-state index contributed by atoms with van der Waals surface area (Å²) < 4.78 is 0. The molecule has 0 fully saturated rings. The number of hydrogen-bond acceptors (Lipinski definition) is 4. The summed E-state index contributed by atoms with van der Waals surface area (Å²) in [6.45, 7) is 2.26. The number of carbonyl (C=O) groups is 2. The van der Waals surface area contributed by atoms with Crippen LogP contribution in [0.4, 0.5) is 0 Å². The Bertz CT molecular complexity index is 914. The first-order valence-electron chi connectivity index (χ1n) is 8.62. The molecule has 0 aliphatic carbocycles. The normalized spacial score (nSPS) is 11.4. The highest BCUT2D eigenvalue weighted by atomic mass is 16.2. The van der Waals surface area contributed by atoms with Crippen LogP contribution in [-0.4, -0.2) is 21.8 Å². The molecule has 0 bridgehead atoms. The third kappa shape index (κ3) is 4.98. The molecular weight excluding hydrogens is 340 g/mol. The van der Waals surface area contributed by atoms with Crippen molar-refractivity contribution in [1.82, 2.24) is 20.6 Å². The first kappa shape index (κ1) is 18.3. The quantitative estimate of drug-likeness (QED) is 0.708. The van der Waals surface area contributed by atoms with Crippen molar-refractivity contribution in [3.8, 4) is 0 Å². The molecule has 0 saturated heterocycles. The van der Waals surface area contributed by atoms with Crippen LogP contribution in [-0.2, 0) is 6.54 Å². The van der Waals surface area contributed by atoms with E-state index in [2.05, 4.69) is 20.6 Å². The van der Waals surface area contributed by atoms with Crippen molar-refractivity contribution in [3.05, 3.63) is 95.6 Å². The lowest BCUT2D eigenvalue weighted by Gasteiger charge is -2.14. The maximum atomic E-state index is 12.5. The molecule has 2 aromatic heterocycles. The second kappa shape index (κ2) is 8.71. The predicted molar refractivity (Wildman–Crippen MR) is 102 cm³/mol. The van der Waals surface area contributed by atoms with Gasteiger partial charge < -0.3 is 10.6 Å². The summed E-state index contributed by atoms with van der Waals surface area (Å²) in [6, 6.07) is 16.3. The van der Waals surface area contributed by atoms with Gasteiger partial charge in [0.05, 0.1) is 6.04 Å². The molecule has 1 atom stereocenters. The number of aromatic nitrogens is 2. The fraction of sp³-hybridized carbons (Fsp3) is 0.143. The Labute approximate surface area is 157 Å². The van der Waals surface area contributed by atoms with Crippen LogP contribution >= 0.6 is 0 Å². The molecule has 3 aromatic rings. The van der Waals surface area contributed by atoms with Crippen LogP contribution in [0.1, 0.15) is 44.9 Å². The number of rotatable bonds is 6. The van der Waals surface area contributed by atoms with Gasteiger partial charge in [-0.15, -0.1) is 0 Å². The molecule has 6 heteroatoms. The summed E-state index contributed by atoms with van der Waals surface area (Å²) in [5.74, 6) is -0.598. The number of benzene rings is 1. The standard InChI is InChI=1S/C21H20N4O2/c1-15(17-7-3-2-4-8-17)25-21(27)19-12-18(9-11-23-19)20(26)24-14-16-6-5-10-22-13-16/h2-13,15H,14H2,1H3,(H,24,26)(H,25,27). The summed E-state index contributed by atoms with van der Waals surface area (Å²) in [5.41, 5.74) is 2.48. The number of hydrogen-bond donors (Lipinski definition) is 2. The molecule has 1 unspecified atom stereocenters. The van der Waals surface area contributed by atoms with Crippen LogP contribution in [0.5, 0.6) is 0 Å². The molecule has 0 spiro atoms. The van der Waals surface area contributed by atoms with Gasteiger partial charge in [0.2, 0.25) is 0 Å². The van der Waals surface area contributed by atoms with Crippen molar-refractivity contribution in [3.63, 3.8) is 0 Å². The highest BCUT2D eigenvalue weighted by Crippen LogP contribution is 2.12. The van der Waals surface area contributed by atoms with Crippen molar-refractivity contribution in [2.24, 2.45) is 0 Å². The van der Waals surface area contributed by atoms with Gasteiger partial charge in [0.25, 0.3) is 11.8 Å². The zero-order valence-electron chi connectivity index (χ0n) is 14.9. The number of carbonyl (C=O) groups excluding carboxylic acids is 2. The van der Waals surface area contributed by atoms with E-state index in [0.29, 0.717) is 12.1 Å². The Morgan fingerprint density at radius 2 is 1.81 bits per heavy atom. The number of pyridine rings is 2. The van der Waals surface area contributed by atoms with Crippen molar-refractivity contribution in [1.29, 1.82) is 0 Å². The molecule has 0 aliphatic heterocycles. The largest absolute Gasteiger partial charge is 0.348 e. The van der Waals surface area contributed by atoms with Crippen molar-refractivity contribution < 1.29 is 9.59 Å². The topological polar surface area (TPSA) is 84.0 Å². The number of nitrogens with one attached hydrogen (secondary N) is 2. The summed E-state index contributed by atoms with van der Waals surface area (Å²) in [4.78, 5) is 32.9. The monoisotopic (exact) mass is 360 g/mol. The summed E-state index contributed by atoms with van der Waals surface area (Å²) >= 11 is 0. The minimum Gasteiger partial charge on any atom is -0.348 e. The van der Waals surface area contributed by atoms with Crippen LogP contribution in [0.25, 0.3) is 0 Å². The second-order valence-corrected chi connectivity index (χ2v) is 6.08. The van der Waals surface area contributed by atoms with Gasteiger partial charge in [-0.1, -0.05) is 36.4 Å². The summed E-state index contributed by atoms with van der Waals surface area (Å²) in [6.07, 6.45) is 4.83. The Morgan fingerprint density at radius 3 is 2.56 bits per heavy atom. The molecule has 3 rings (SSSR count). The Kier molecular flexibility index (Phi) is 5.89. The van der Waals surface area contributed by atoms with Gasteiger partial charge in [-0.2, -0.15) is 0 Å². The first-order valence-corrected chi connectivity index (χ1v) is 8.62. The van der Waals surface area contributed by atoms with Gasteiger partial charge in [0, 0.05) is 30.7 Å². The van der Waals surface area contributed by atoms with Crippen LogP contribution in [0.2, 0.25) is 0 Å². The molecule has 136 valence electrons. The zero-order chi connectivity index (χ0) is 19.1. The molecular formula is C21H20N4O2. The Morgan fingerprint density at radius 1 is 1.00 bits per heavy atom. The fourth-order valence-corrected chi connectivity index (χ4v) is 2.58. The molecule has 27 heavy (non-hydrogen) atoms. The molecule has 6 nitrogen and oxygen atoms in total. The molecule has 0 radical (unpaired) electrons. The van der Waals surface area contributed by atoms with E-state index < -0.39 is 0 Å². The van der Waals surface area contributed by atoms with Crippen molar-refractivity contribution >= 4 is 11.8 Å². The fourth-order valence-electron chi connectivity index (χ4n) is 2.58. The van der Waals surface area contributed by atoms with Crippen LogP contribution in [0.15, 0.2) is 73.2 Å². The average Bonchev–Trinajstić information content (AvgIpc) is 2.73. The van der Waals surface area contributed by atoms with E-state index in [4.69, 9.17) is 0 Å². The predicted octanol–water partition coefficient (Wildman–Crippen LogP) is 2.90. The van der Waals surface area contributed by atoms with Gasteiger partial charge in [0.1, 0.15) is 5.69 Å². The van der Waals surface area contributed by atoms with Gasteiger partial charge in [-0.05, 0) is 36.2 Å². The molecule has 0 saturated carbocycles. The molecule has 2 N–H and O–H groups in total. The minimum absolute atomic E-state index is 0.163. The van der Waals surface area contributed by atoms with Crippen LogP contribution < -0.4 is 10.6 Å². The van der Waals surface area contributed by atoms with Gasteiger partial charge >= 0.3 is 0 Å². The van der Waals surface area contributed by atoms with E-state index in [1.807, 2.05) is 49.4 Å². The van der Waals surface area contributed by atoms with Crippen molar-refractivity contribution in [2.45, 2.75) is 19.5 Å². The smallest absolute Gasteiger partial charge is 0.270 e. The number of nitrogens with zero attached hydrogens (tertiary/aromatic N) is 2. The molecule has 1 aromatic carbocycles. The molecule has 2 amide bonds. The SMILES string of the molecule is CC(NC(=O)c1cc(C(=O)NCc2cccnc2)ccn1)c1ccccc1. The van der Waals surface area contributed by atoms with Crippen LogP contribution in [0.3, 0.4) is 0 Å². The van der Waals surface area contributed by atoms with E-state index in [1.165, 1.54) is 12.3 Å². The lowest BCUT2D eigenvalue weighted by Crippen LogP contribution is -2.28. The highest BCUT2D eigenvalue weighted by molar-refractivity contribution is 5.98. The van der Waals surface area contributed by atoms with E-state index in [-0.39, 0.29) is 23.6 Å². The first-order chi connectivity index (χ1) is 13.1. The van der Waals surface area contributed by atoms with Crippen LogP contribution in [0, 0.1) is 0 Å². The summed E-state index contributed by atoms with van der Waals surface area (Å²) in [7, 11) is 0. The molecule has 0 aliphatic rings.